The first-order valence-corrected chi connectivity index (χ1v) is 42.7. The molecule has 0 N–H and O–H groups in total. The molecule has 0 amide bonds. The summed E-state index contributed by atoms with van der Waals surface area (Å²) in [5.41, 5.74) is 11.9. The van der Waals surface area contributed by atoms with Crippen molar-refractivity contribution in [2.75, 3.05) is 0 Å². The van der Waals surface area contributed by atoms with Crippen molar-refractivity contribution >= 4 is 0 Å². The predicted molar refractivity (Wildman–Crippen MR) is 394 cm³/mol. The summed E-state index contributed by atoms with van der Waals surface area (Å²) < 4.78 is 14.3. The van der Waals surface area contributed by atoms with Crippen LogP contribution in [-0.2, 0) is 9.47 Å². The van der Waals surface area contributed by atoms with Crippen LogP contribution in [0.4, 0.5) is 0 Å². The van der Waals surface area contributed by atoms with Crippen LogP contribution in [0.1, 0.15) is 309 Å². The van der Waals surface area contributed by atoms with E-state index < -0.39 is 0 Å². The van der Waals surface area contributed by atoms with Gasteiger partial charge in [-0.15, -0.1) is 6.58 Å². The van der Waals surface area contributed by atoms with Gasteiger partial charge < -0.3 is 14.4 Å². The maximum atomic E-state index is 7.18. The van der Waals surface area contributed by atoms with Crippen molar-refractivity contribution in [3.05, 3.63) is 119 Å². The number of fused-ring (bicyclic) bond motifs is 8. The summed E-state index contributed by atoms with van der Waals surface area (Å²) in [7, 11) is 0. The van der Waals surface area contributed by atoms with E-state index in [1.54, 1.807) is 16.8 Å². The summed E-state index contributed by atoms with van der Waals surface area (Å²) in [6.45, 7) is 6.56. The lowest BCUT2D eigenvalue weighted by Crippen LogP contribution is -2.54. The quantitative estimate of drug-likeness (QED) is 0.144. The molecule has 95 heavy (non-hydrogen) atoms. The second kappa shape index (κ2) is 28.7. The highest BCUT2D eigenvalue weighted by Crippen LogP contribution is 2.73. The maximum absolute atomic E-state index is 7.18. The minimum absolute atomic E-state index is 0.349. The number of hydrogen-bond donors (Lipinski definition) is 0. The number of allylic oxidation sites excluding steroid dienone is 16. The molecule has 17 aliphatic rings. The van der Waals surface area contributed by atoms with Crippen molar-refractivity contribution in [2.45, 2.75) is 357 Å². The maximum Gasteiger partial charge on any atom is 0.0986 e. The Kier molecular flexibility index (Phi) is 19.7. The largest absolute Gasteiger partial charge is 0.495 e. The minimum atomic E-state index is 0.349. The molecule has 518 valence electrons. The highest BCUT2D eigenvalue weighted by molar-refractivity contribution is 5.48. The number of rotatable bonds is 16. The smallest absolute Gasteiger partial charge is 0.0986 e. The van der Waals surface area contributed by atoms with Crippen LogP contribution in [0, 0.1) is 87.8 Å². The topological polar surface area (TPSA) is 24.9 Å². The Morgan fingerprint density at radius 1 is 0.558 bits per heavy atom. The third-order valence-electron chi connectivity index (χ3n) is 32.2. The molecule has 0 aromatic rings. The fraction of sp³-hybridized carbons (Fsp3) is 0.780. The van der Waals surface area contributed by atoms with E-state index >= 15 is 0 Å². The molecular formula is C91H132N2O2. The van der Waals surface area contributed by atoms with Crippen molar-refractivity contribution in [3.63, 3.8) is 0 Å². The van der Waals surface area contributed by atoms with Crippen LogP contribution in [0.15, 0.2) is 119 Å². The molecule has 1 aliphatic heterocycles. The zero-order valence-electron chi connectivity index (χ0n) is 60.2. The summed E-state index contributed by atoms with van der Waals surface area (Å²) >= 11 is 0. The van der Waals surface area contributed by atoms with Crippen LogP contribution >= 0.6 is 0 Å². The fourth-order valence-corrected chi connectivity index (χ4v) is 28.6. The Balaban J connectivity index is 0.717. The molecule has 17 unspecified atom stereocenters. The summed E-state index contributed by atoms with van der Waals surface area (Å²) in [5.74, 6) is 11.7. The second-order valence-electron chi connectivity index (χ2n) is 36.3. The number of likely N-dealkylation sites (tertiary alicyclic amines) is 1. The Labute approximate surface area is 579 Å². The van der Waals surface area contributed by atoms with Crippen molar-refractivity contribution < 1.29 is 9.47 Å². The molecule has 0 aromatic heterocycles. The zero-order chi connectivity index (χ0) is 63.5. The van der Waals surface area contributed by atoms with E-state index in [1.165, 1.54) is 301 Å². The monoisotopic (exact) mass is 1290 g/mol. The molecule has 9 fully saturated rings. The molecule has 0 radical (unpaired) electrons. The van der Waals surface area contributed by atoms with E-state index in [-0.39, 0.29) is 0 Å². The van der Waals surface area contributed by atoms with E-state index in [4.69, 9.17) is 9.47 Å². The predicted octanol–water partition coefficient (Wildman–Crippen LogP) is 23.8. The lowest BCUT2D eigenvalue weighted by molar-refractivity contribution is -0.0466. The number of hydrogen-bond acceptors (Lipinski definition) is 4. The van der Waals surface area contributed by atoms with Crippen LogP contribution in [0.3, 0.4) is 0 Å². The Bertz CT molecular complexity index is 2990. The third kappa shape index (κ3) is 12.1. The van der Waals surface area contributed by atoms with Crippen molar-refractivity contribution in [3.8, 4) is 0 Å². The van der Waals surface area contributed by atoms with Crippen molar-refractivity contribution in [1.82, 2.24) is 9.80 Å². The van der Waals surface area contributed by atoms with Gasteiger partial charge >= 0.3 is 0 Å². The Hall–Kier alpha value is -3.08. The molecule has 0 bridgehead atoms. The van der Waals surface area contributed by atoms with Gasteiger partial charge in [-0.2, -0.15) is 0 Å². The molecule has 1 heterocycles. The summed E-state index contributed by atoms with van der Waals surface area (Å²) in [6, 6.07) is 3.31. The summed E-state index contributed by atoms with van der Waals surface area (Å²) in [4.78, 5) is 6.56. The first kappa shape index (κ1) is 65.2. The molecule has 4 heteroatoms. The van der Waals surface area contributed by atoms with E-state index in [2.05, 4.69) is 107 Å². The number of nitrogens with zero attached hydrogens (tertiary/aromatic N) is 2. The Morgan fingerprint density at radius 3 is 2.06 bits per heavy atom. The standard InChI is InChI=1S/C91H132N2O2/c1-3-21-63-36-49-75(50-37-63)95-77-53-57-89-83(61-77)82-58-65(40-56-88(82)93(89)70-28-15-8-16-29-70)64-38-43-71(44-39-64)92(72-45-54-80-78-30-17-19-32-84(78)90(86(80)59-72,66-22-9-5-10-23-66)67-24-11-6-12-25-67)73-46-55-81-79-31-18-20-33-85(79)91(87(81)60-73,68-26-13-7-14-27-68)69-41-51-76(52-42-69)94-74-47-34-62(4-2)35-48-74/h4-5,9,18,31,38,40-41,43,49,56,58,62-63,66-68,70,72-74,76-77,79-83,85-89H,2-3,6-8,10-17,19-30,32-37,39,42,44-48,50-55,57,59-61H2,1H3/t62?,63?,66?,72?,73?,74?,76?,77?,79?,80?,81?,82?,83?,85?,86?,87?,88?,89?,90-,91?/m1/s1. The first-order valence-electron chi connectivity index (χ1n) is 42.7. The van der Waals surface area contributed by atoms with Gasteiger partial charge in [0, 0.05) is 59.1 Å². The van der Waals surface area contributed by atoms with Gasteiger partial charge in [0.25, 0.3) is 0 Å². The van der Waals surface area contributed by atoms with Crippen molar-refractivity contribution in [1.29, 1.82) is 0 Å². The van der Waals surface area contributed by atoms with E-state index in [0.717, 1.165) is 71.6 Å². The third-order valence-corrected chi connectivity index (χ3v) is 32.2. The van der Waals surface area contributed by atoms with Gasteiger partial charge in [-0.05, 0) is 319 Å². The molecule has 17 rings (SSSR count). The van der Waals surface area contributed by atoms with Gasteiger partial charge in [0.1, 0.15) is 0 Å². The lowest BCUT2D eigenvalue weighted by Gasteiger charge is -2.57. The molecule has 8 saturated carbocycles. The fourth-order valence-electron chi connectivity index (χ4n) is 28.6. The van der Waals surface area contributed by atoms with Gasteiger partial charge in [0.15, 0.2) is 0 Å². The highest BCUT2D eigenvalue weighted by atomic mass is 16.5. The van der Waals surface area contributed by atoms with E-state index in [0.29, 0.717) is 71.1 Å². The molecule has 18 atom stereocenters. The molecular weight excluding hydrogens is 1150 g/mol. The number of ether oxygens (including phenoxy) is 2. The van der Waals surface area contributed by atoms with Crippen molar-refractivity contribution in [2.24, 2.45) is 87.8 Å². The lowest BCUT2D eigenvalue weighted by atomic mass is 9.49. The Morgan fingerprint density at radius 2 is 1.33 bits per heavy atom. The van der Waals surface area contributed by atoms with Gasteiger partial charge in [-0.1, -0.05) is 155 Å². The summed E-state index contributed by atoms with van der Waals surface area (Å²) in [6.07, 6.45) is 98.3. The molecule has 4 nitrogen and oxygen atoms in total. The average molecular weight is 1290 g/mol. The normalized spacial score (nSPS) is 43.4. The SMILES string of the molecule is C=CC1CCC(OC2CC=C(C3(C4CCCCC4)C4CCC=CC4C4CCC(N(C5=CC=C(C6=CC7C8CC(OC9=CCC(CCC)CC9)CCC8N(C8CCCCC8)C7C=C6)CC5)C5CCC6C7=C(CCCC7)[C@@](C7CC=CCC7)(C7CCCCC7)C6C5)CC43)CC2)CC1. The van der Waals surface area contributed by atoms with Crippen LogP contribution in [0.25, 0.3) is 0 Å². The van der Waals surface area contributed by atoms with Gasteiger partial charge in [0.2, 0.25) is 0 Å². The van der Waals surface area contributed by atoms with Crippen LogP contribution < -0.4 is 0 Å². The van der Waals surface area contributed by atoms with Crippen LogP contribution in [0.2, 0.25) is 0 Å². The molecule has 16 aliphatic carbocycles. The van der Waals surface area contributed by atoms with E-state index in [1.807, 2.05) is 5.57 Å². The molecule has 0 spiro atoms. The van der Waals surface area contributed by atoms with Gasteiger partial charge in [0.05, 0.1) is 24.1 Å². The molecule has 1 saturated heterocycles. The minimum Gasteiger partial charge on any atom is -0.495 e. The average Bonchev–Trinajstić information content (AvgIpc) is 1.56. The first-order chi connectivity index (χ1) is 47.0. The van der Waals surface area contributed by atoms with Crippen LogP contribution in [-0.4, -0.2) is 58.3 Å². The van der Waals surface area contributed by atoms with E-state index in [9.17, 15) is 0 Å². The zero-order valence-corrected chi connectivity index (χ0v) is 60.2. The molecule has 0 aromatic carbocycles. The van der Waals surface area contributed by atoms with Gasteiger partial charge in [-0.3, -0.25) is 4.90 Å². The summed E-state index contributed by atoms with van der Waals surface area (Å²) in [5, 5.41) is 0. The van der Waals surface area contributed by atoms with Gasteiger partial charge in [-0.25, -0.2) is 0 Å². The van der Waals surface area contributed by atoms with Crippen LogP contribution in [0.5, 0.6) is 0 Å². The highest BCUT2D eigenvalue weighted by Gasteiger charge is 2.66. The second-order valence-corrected chi connectivity index (χ2v) is 36.3.